The minimum Gasteiger partial charge on any atom is -0.321 e. The van der Waals surface area contributed by atoms with E-state index in [0.717, 1.165) is 83.7 Å². The highest BCUT2D eigenvalue weighted by molar-refractivity contribution is 5.98. The number of pyridine rings is 2. The monoisotopic (exact) mass is 536 g/mol. The summed E-state index contributed by atoms with van der Waals surface area (Å²) in [6, 6.07) is 32.3. The Balaban J connectivity index is 1.20. The van der Waals surface area contributed by atoms with E-state index in [1.54, 1.807) is 0 Å². The van der Waals surface area contributed by atoms with Crippen LogP contribution in [0.2, 0.25) is 0 Å². The molecule has 6 nitrogen and oxygen atoms in total. The van der Waals surface area contributed by atoms with Crippen LogP contribution >= 0.6 is 0 Å². The fourth-order valence-corrected chi connectivity index (χ4v) is 6.50. The number of aromatic nitrogens is 4. The highest BCUT2D eigenvalue weighted by atomic mass is 15.3. The lowest BCUT2D eigenvalue weighted by Gasteiger charge is -2.38. The zero-order valence-corrected chi connectivity index (χ0v) is 23.0. The van der Waals surface area contributed by atoms with Gasteiger partial charge in [0.25, 0.3) is 0 Å². The average Bonchev–Trinajstić information content (AvgIpc) is 3.42. The van der Waals surface area contributed by atoms with Crippen molar-refractivity contribution < 1.29 is 0 Å². The lowest BCUT2D eigenvalue weighted by molar-refractivity contribution is 0.238. The number of nitrogens with two attached hydrogens (primary N) is 1. The van der Waals surface area contributed by atoms with E-state index < -0.39 is 0 Å². The molecule has 0 radical (unpaired) electrons. The molecule has 1 aliphatic heterocycles. The fourth-order valence-electron chi connectivity index (χ4n) is 6.50. The standard InChI is InChI=1S/C35H32N6/c36-35(17-6-18-35)28-13-11-26(12-14-28)33-29(25-8-2-1-3-9-25)21-30-31(37-33)16-20-41-32(38-39-34(30)41)23-40-19-15-24-7-4-5-10-27(24)22-40/h1-5,7-14,16,20-21H,6,15,17-19,22-23,36H2. The van der Waals surface area contributed by atoms with Gasteiger partial charge in [-0.2, -0.15) is 0 Å². The number of hydrogen-bond acceptors (Lipinski definition) is 5. The van der Waals surface area contributed by atoms with Crippen LogP contribution in [-0.2, 0) is 25.0 Å². The average molecular weight is 537 g/mol. The van der Waals surface area contributed by atoms with Gasteiger partial charge in [-0.1, -0.05) is 78.9 Å². The summed E-state index contributed by atoms with van der Waals surface area (Å²) >= 11 is 0. The molecular formula is C35H32N6. The molecule has 6 heteroatoms. The van der Waals surface area contributed by atoms with Gasteiger partial charge in [0.15, 0.2) is 11.5 Å². The van der Waals surface area contributed by atoms with Crippen molar-refractivity contribution in [3.8, 4) is 22.4 Å². The van der Waals surface area contributed by atoms with E-state index >= 15 is 0 Å². The van der Waals surface area contributed by atoms with Crippen LogP contribution in [0.5, 0.6) is 0 Å². The van der Waals surface area contributed by atoms with Crippen molar-refractivity contribution in [2.75, 3.05) is 6.54 Å². The van der Waals surface area contributed by atoms with Crippen molar-refractivity contribution in [1.82, 2.24) is 24.5 Å². The predicted octanol–water partition coefficient (Wildman–Crippen LogP) is 6.51. The molecule has 6 aromatic rings. The molecule has 0 amide bonds. The van der Waals surface area contributed by atoms with Crippen LogP contribution in [0.1, 0.15) is 41.8 Å². The zero-order valence-electron chi connectivity index (χ0n) is 23.0. The molecule has 3 aromatic carbocycles. The molecule has 4 heterocycles. The lowest BCUT2D eigenvalue weighted by atomic mass is 9.72. The van der Waals surface area contributed by atoms with Gasteiger partial charge in [0, 0.05) is 41.3 Å². The maximum absolute atomic E-state index is 6.61. The predicted molar refractivity (Wildman–Crippen MR) is 163 cm³/mol. The van der Waals surface area contributed by atoms with Gasteiger partial charge in [-0.05, 0) is 60.1 Å². The number of hydrogen-bond donors (Lipinski definition) is 1. The quantitative estimate of drug-likeness (QED) is 0.272. The first-order valence-electron chi connectivity index (χ1n) is 14.6. The maximum Gasteiger partial charge on any atom is 0.170 e. The molecule has 1 saturated carbocycles. The fraction of sp³-hybridized carbons (Fsp3) is 0.229. The van der Waals surface area contributed by atoms with Crippen molar-refractivity contribution in [3.63, 3.8) is 0 Å². The molecule has 1 fully saturated rings. The van der Waals surface area contributed by atoms with Gasteiger partial charge in [0.2, 0.25) is 0 Å². The van der Waals surface area contributed by atoms with Crippen LogP contribution in [-0.4, -0.2) is 31.0 Å². The number of nitrogens with zero attached hydrogens (tertiary/aromatic N) is 5. The second kappa shape index (κ2) is 9.61. The summed E-state index contributed by atoms with van der Waals surface area (Å²) < 4.78 is 2.13. The van der Waals surface area contributed by atoms with Gasteiger partial charge in [0.05, 0.1) is 17.8 Å². The van der Waals surface area contributed by atoms with Gasteiger partial charge >= 0.3 is 0 Å². The molecule has 0 unspecified atom stereocenters. The van der Waals surface area contributed by atoms with E-state index in [0.29, 0.717) is 0 Å². The minimum absolute atomic E-state index is 0.174. The van der Waals surface area contributed by atoms with Gasteiger partial charge in [-0.25, -0.2) is 4.98 Å². The molecule has 1 aliphatic carbocycles. The Kier molecular flexibility index (Phi) is 5.72. The summed E-state index contributed by atoms with van der Waals surface area (Å²) in [7, 11) is 0. The molecular weight excluding hydrogens is 504 g/mol. The zero-order chi connectivity index (χ0) is 27.4. The molecule has 8 rings (SSSR count). The Morgan fingerprint density at radius 1 is 0.805 bits per heavy atom. The SMILES string of the molecule is NC1(c2ccc(-c3nc4ccn5c(CN6CCc7ccccc7C6)nnc5c4cc3-c3ccccc3)cc2)CCC1. The number of benzene rings is 3. The van der Waals surface area contributed by atoms with E-state index in [1.165, 1.54) is 23.1 Å². The van der Waals surface area contributed by atoms with Crippen molar-refractivity contribution >= 4 is 16.6 Å². The summed E-state index contributed by atoms with van der Waals surface area (Å²) in [5.41, 5.74) is 16.5. The summed E-state index contributed by atoms with van der Waals surface area (Å²) in [6.45, 7) is 2.71. The van der Waals surface area contributed by atoms with Crippen LogP contribution in [0.25, 0.3) is 38.9 Å². The minimum atomic E-state index is -0.174. The Labute approximate surface area is 239 Å². The van der Waals surface area contributed by atoms with Crippen molar-refractivity contribution in [2.45, 2.75) is 44.3 Å². The number of fused-ring (bicyclic) bond motifs is 4. The highest BCUT2D eigenvalue weighted by Crippen LogP contribution is 2.40. The molecule has 0 atom stereocenters. The van der Waals surface area contributed by atoms with Crippen LogP contribution in [0.3, 0.4) is 0 Å². The topological polar surface area (TPSA) is 72.3 Å². The van der Waals surface area contributed by atoms with Crippen molar-refractivity contribution in [2.24, 2.45) is 5.73 Å². The second-order valence-corrected chi connectivity index (χ2v) is 11.6. The van der Waals surface area contributed by atoms with Gasteiger partial charge in [-0.3, -0.25) is 9.30 Å². The highest BCUT2D eigenvalue weighted by Gasteiger charge is 2.34. The van der Waals surface area contributed by atoms with E-state index in [-0.39, 0.29) is 5.54 Å². The first kappa shape index (κ1) is 24.4. The van der Waals surface area contributed by atoms with Crippen LogP contribution in [0.15, 0.2) is 97.2 Å². The van der Waals surface area contributed by atoms with E-state index in [2.05, 4.69) is 111 Å². The Hall–Kier alpha value is -4.39. The van der Waals surface area contributed by atoms with E-state index in [9.17, 15) is 0 Å². The normalized spacial score (nSPS) is 16.5. The smallest absolute Gasteiger partial charge is 0.170 e. The maximum atomic E-state index is 6.61. The number of rotatable bonds is 5. The molecule has 2 aliphatic rings. The third kappa shape index (κ3) is 4.22. The summed E-state index contributed by atoms with van der Waals surface area (Å²) in [5, 5.41) is 10.3. The lowest BCUT2D eigenvalue weighted by Crippen LogP contribution is -2.43. The van der Waals surface area contributed by atoms with Gasteiger partial charge in [0.1, 0.15) is 0 Å². The Morgan fingerprint density at radius 2 is 1.59 bits per heavy atom. The summed E-state index contributed by atoms with van der Waals surface area (Å²) in [6.07, 6.45) is 6.44. The van der Waals surface area contributed by atoms with Gasteiger partial charge in [-0.15, -0.1) is 10.2 Å². The molecule has 2 N–H and O–H groups in total. The van der Waals surface area contributed by atoms with Crippen molar-refractivity contribution in [1.29, 1.82) is 0 Å². The summed E-state index contributed by atoms with van der Waals surface area (Å²) in [4.78, 5) is 7.68. The molecule has 41 heavy (non-hydrogen) atoms. The molecule has 3 aromatic heterocycles. The molecule has 0 bridgehead atoms. The van der Waals surface area contributed by atoms with Crippen LogP contribution < -0.4 is 5.73 Å². The Bertz CT molecular complexity index is 1890. The van der Waals surface area contributed by atoms with E-state index in [1.807, 2.05) is 6.07 Å². The Morgan fingerprint density at radius 3 is 2.37 bits per heavy atom. The summed E-state index contributed by atoms with van der Waals surface area (Å²) in [5.74, 6) is 0.953. The molecule has 0 saturated heterocycles. The van der Waals surface area contributed by atoms with Crippen molar-refractivity contribution in [3.05, 3.63) is 120 Å². The third-order valence-electron chi connectivity index (χ3n) is 9.08. The first-order chi connectivity index (χ1) is 20.1. The third-order valence-corrected chi connectivity index (χ3v) is 9.08. The van der Waals surface area contributed by atoms with E-state index in [4.69, 9.17) is 10.7 Å². The molecule has 0 spiro atoms. The first-order valence-corrected chi connectivity index (χ1v) is 14.6. The molecule has 202 valence electrons. The van der Waals surface area contributed by atoms with Crippen LogP contribution in [0, 0.1) is 0 Å². The van der Waals surface area contributed by atoms with Gasteiger partial charge < -0.3 is 5.73 Å². The van der Waals surface area contributed by atoms with Crippen LogP contribution in [0.4, 0.5) is 0 Å². The second-order valence-electron chi connectivity index (χ2n) is 11.6. The largest absolute Gasteiger partial charge is 0.321 e.